The smallest absolute Gasteiger partial charge is 0.475 e. The van der Waals surface area contributed by atoms with Crippen LogP contribution in [0.4, 0.5) is 18.9 Å². The van der Waals surface area contributed by atoms with E-state index < -0.39 is 12.1 Å². The van der Waals surface area contributed by atoms with E-state index in [1.54, 1.807) is 0 Å². The van der Waals surface area contributed by atoms with Crippen molar-refractivity contribution >= 4 is 17.3 Å². The highest BCUT2D eigenvalue weighted by atomic mass is 19.4. The number of carbonyl (C=O) groups is 1. The van der Waals surface area contributed by atoms with Crippen LogP contribution in [0.5, 0.6) is 0 Å². The number of hydrogen-bond donors (Lipinski definition) is 2. The highest BCUT2D eigenvalue weighted by Crippen LogP contribution is 2.27. The third kappa shape index (κ3) is 6.59. The maximum absolute atomic E-state index is 10.6. The maximum Gasteiger partial charge on any atom is 0.490 e. The number of alkyl halides is 3. The average Bonchev–Trinajstić information content (AvgIpc) is 3.04. The lowest BCUT2D eigenvalue weighted by atomic mass is 9.95. The summed E-state index contributed by atoms with van der Waals surface area (Å²) in [6.45, 7) is 11.1. The van der Waals surface area contributed by atoms with Gasteiger partial charge in [-0.15, -0.1) is 0 Å². The predicted molar refractivity (Wildman–Crippen MR) is 104 cm³/mol. The molecule has 0 unspecified atom stereocenters. The molecule has 0 saturated carbocycles. The van der Waals surface area contributed by atoms with Crippen LogP contribution in [0, 0.1) is 0 Å². The van der Waals surface area contributed by atoms with Gasteiger partial charge in [0, 0.05) is 18.0 Å². The van der Waals surface area contributed by atoms with Crippen LogP contribution in [0.15, 0.2) is 18.3 Å². The first kappa shape index (κ1) is 22.9. The Morgan fingerprint density at radius 3 is 2.28 bits per heavy atom. The van der Waals surface area contributed by atoms with Gasteiger partial charge in [0.2, 0.25) is 0 Å². The number of anilines is 1. The number of aliphatic carboxylic acids is 1. The Morgan fingerprint density at radius 2 is 1.79 bits per heavy atom. The van der Waals surface area contributed by atoms with Gasteiger partial charge in [-0.2, -0.15) is 18.3 Å². The number of halogens is 3. The summed E-state index contributed by atoms with van der Waals surface area (Å²) >= 11 is 0. The standard InChI is InChI=1S/C17H27N5.C2HF3O2/c1-12(2)18-15-5-6-16-19-17(20-22(16)11-15)14-7-9-21(10-8-14)13(3)4;3-2(4,5)1(6)7/h5-6,11-14,18H,7-10H2,1-4H3;(H,6,7). The molecule has 2 aromatic rings. The summed E-state index contributed by atoms with van der Waals surface area (Å²) < 4.78 is 33.6. The van der Waals surface area contributed by atoms with Crippen molar-refractivity contribution in [2.75, 3.05) is 18.4 Å². The highest BCUT2D eigenvalue weighted by Gasteiger charge is 2.38. The number of piperidine rings is 1. The molecule has 0 aliphatic carbocycles. The molecule has 162 valence electrons. The number of fused-ring (bicyclic) bond motifs is 1. The van der Waals surface area contributed by atoms with Gasteiger partial charge in [0.25, 0.3) is 0 Å². The largest absolute Gasteiger partial charge is 0.490 e. The first-order chi connectivity index (χ1) is 13.5. The number of rotatable bonds is 4. The molecule has 1 fully saturated rings. The molecular formula is C19H28F3N5O2. The summed E-state index contributed by atoms with van der Waals surface area (Å²) in [5.74, 6) is -1.26. The second-order valence-corrected chi connectivity index (χ2v) is 7.70. The van der Waals surface area contributed by atoms with E-state index >= 15 is 0 Å². The molecule has 2 N–H and O–H groups in total. The Labute approximate surface area is 167 Å². The molecule has 1 aliphatic rings. The first-order valence-electron chi connectivity index (χ1n) is 9.64. The molecule has 0 amide bonds. The number of aromatic nitrogens is 3. The average molecular weight is 415 g/mol. The molecule has 0 radical (unpaired) electrons. The summed E-state index contributed by atoms with van der Waals surface area (Å²) in [5, 5.41) is 15.3. The molecule has 0 atom stereocenters. The monoisotopic (exact) mass is 415 g/mol. The van der Waals surface area contributed by atoms with Crippen molar-refractivity contribution in [3.8, 4) is 0 Å². The minimum atomic E-state index is -5.08. The Hall–Kier alpha value is -2.36. The number of nitrogens with one attached hydrogen (secondary N) is 1. The number of carboxylic acid groups (broad SMARTS) is 1. The number of pyridine rings is 1. The van der Waals surface area contributed by atoms with E-state index in [2.05, 4.69) is 44.0 Å². The Morgan fingerprint density at radius 1 is 1.21 bits per heavy atom. The van der Waals surface area contributed by atoms with Gasteiger partial charge in [-0.25, -0.2) is 14.3 Å². The van der Waals surface area contributed by atoms with E-state index in [1.165, 1.54) is 0 Å². The maximum atomic E-state index is 10.6. The first-order valence-corrected chi connectivity index (χ1v) is 9.64. The molecule has 0 spiro atoms. The summed E-state index contributed by atoms with van der Waals surface area (Å²) in [6.07, 6.45) is -0.729. The summed E-state index contributed by atoms with van der Waals surface area (Å²) in [6, 6.07) is 5.18. The molecule has 29 heavy (non-hydrogen) atoms. The van der Waals surface area contributed by atoms with Gasteiger partial charge in [0.05, 0.1) is 11.9 Å². The number of hydrogen-bond acceptors (Lipinski definition) is 5. The van der Waals surface area contributed by atoms with Crippen molar-refractivity contribution in [2.45, 2.75) is 64.7 Å². The summed E-state index contributed by atoms with van der Waals surface area (Å²) in [5.41, 5.74) is 2.03. The third-order valence-corrected chi connectivity index (χ3v) is 4.67. The van der Waals surface area contributed by atoms with E-state index in [9.17, 15) is 13.2 Å². The lowest BCUT2D eigenvalue weighted by Crippen LogP contribution is -2.38. The SMILES string of the molecule is CC(C)Nc1ccc2nc(C3CCN(C(C)C)CC3)nn2c1.O=C(O)C(F)(F)F. The quantitative estimate of drug-likeness (QED) is 0.791. The van der Waals surface area contributed by atoms with Gasteiger partial charge in [0.15, 0.2) is 11.5 Å². The summed E-state index contributed by atoms with van der Waals surface area (Å²) in [7, 11) is 0. The summed E-state index contributed by atoms with van der Waals surface area (Å²) in [4.78, 5) is 16.2. The lowest BCUT2D eigenvalue weighted by molar-refractivity contribution is -0.192. The molecule has 2 aromatic heterocycles. The van der Waals surface area contributed by atoms with Gasteiger partial charge in [0.1, 0.15) is 0 Å². The number of nitrogens with zero attached hydrogens (tertiary/aromatic N) is 4. The van der Waals surface area contributed by atoms with Crippen LogP contribution < -0.4 is 5.32 Å². The fourth-order valence-electron chi connectivity index (χ4n) is 3.17. The van der Waals surface area contributed by atoms with E-state index in [4.69, 9.17) is 20.0 Å². The zero-order chi connectivity index (χ0) is 21.8. The van der Waals surface area contributed by atoms with Crippen LogP contribution in [-0.2, 0) is 4.79 Å². The third-order valence-electron chi connectivity index (χ3n) is 4.67. The van der Waals surface area contributed by atoms with Crippen LogP contribution in [0.25, 0.3) is 5.65 Å². The second-order valence-electron chi connectivity index (χ2n) is 7.70. The zero-order valence-electron chi connectivity index (χ0n) is 17.1. The fourth-order valence-corrected chi connectivity index (χ4v) is 3.17. The predicted octanol–water partition coefficient (Wildman–Crippen LogP) is 3.77. The molecule has 3 rings (SSSR count). The van der Waals surface area contributed by atoms with Crippen molar-refractivity contribution in [1.29, 1.82) is 0 Å². The molecule has 3 heterocycles. The molecule has 1 aliphatic heterocycles. The lowest BCUT2D eigenvalue weighted by Gasteiger charge is -2.33. The van der Waals surface area contributed by atoms with E-state index in [0.717, 1.165) is 43.1 Å². The van der Waals surface area contributed by atoms with E-state index in [0.29, 0.717) is 18.0 Å². The van der Waals surface area contributed by atoms with Gasteiger partial charge in [-0.3, -0.25) is 0 Å². The van der Waals surface area contributed by atoms with Crippen LogP contribution >= 0.6 is 0 Å². The van der Waals surface area contributed by atoms with Crippen LogP contribution in [0.1, 0.15) is 52.3 Å². The molecule has 7 nitrogen and oxygen atoms in total. The number of carboxylic acids is 1. The van der Waals surface area contributed by atoms with Crippen molar-refractivity contribution < 1.29 is 23.1 Å². The highest BCUT2D eigenvalue weighted by molar-refractivity contribution is 5.73. The van der Waals surface area contributed by atoms with Crippen molar-refractivity contribution in [3.63, 3.8) is 0 Å². The van der Waals surface area contributed by atoms with Crippen LogP contribution in [0.2, 0.25) is 0 Å². The van der Waals surface area contributed by atoms with Gasteiger partial charge < -0.3 is 15.3 Å². The molecule has 0 bridgehead atoms. The topological polar surface area (TPSA) is 82.8 Å². The van der Waals surface area contributed by atoms with Crippen molar-refractivity contribution in [2.24, 2.45) is 0 Å². The Bertz CT molecular complexity index is 812. The molecule has 0 aromatic carbocycles. The van der Waals surface area contributed by atoms with E-state index in [1.807, 2.05) is 16.8 Å². The van der Waals surface area contributed by atoms with Crippen molar-refractivity contribution in [3.05, 3.63) is 24.2 Å². The Kier molecular flexibility index (Phi) is 7.45. The molecular weight excluding hydrogens is 387 g/mol. The van der Waals surface area contributed by atoms with Gasteiger partial charge in [-0.1, -0.05) is 0 Å². The van der Waals surface area contributed by atoms with Crippen LogP contribution in [-0.4, -0.2) is 61.9 Å². The molecule has 1 saturated heterocycles. The normalized spacial score (nSPS) is 16.2. The molecule has 10 heteroatoms. The number of likely N-dealkylation sites (tertiary alicyclic amines) is 1. The van der Waals surface area contributed by atoms with Crippen molar-refractivity contribution in [1.82, 2.24) is 19.5 Å². The Balaban J connectivity index is 0.000000370. The fraction of sp³-hybridized carbons (Fsp3) is 0.632. The zero-order valence-corrected chi connectivity index (χ0v) is 17.1. The minimum absolute atomic E-state index is 0.417. The van der Waals surface area contributed by atoms with Crippen LogP contribution in [0.3, 0.4) is 0 Å². The van der Waals surface area contributed by atoms with Gasteiger partial charge in [-0.05, 0) is 65.8 Å². The second kappa shape index (κ2) is 9.43. The van der Waals surface area contributed by atoms with E-state index in [-0.39, 0.29) is 0 Å². The van der Waals surface area contributed by atoms with Gasteiger partial charge >= 0.3 is 12.1 Å². The minimum Gasteiger partial charge on any atom is -0.475 e.